The molecule has 220 valence electrons. The van der Waals surface area contributed by atoms with Crippen LogP contribution in [-0.2, 0) is 29.2 Å². The fourth-order valence-corrected chi connectivity index (χ4v) is 5.04. The van der Waals surface area contributed by atoms with Crippen LogP contribution in [0.2, 0.25) is 0 Å². The third-order valence-electron chi connectivity index (χ3n) is 6.81. The molecule has 0 amide bonds. The van der Waals surface area contributed by atoms with E-state index >= 15 is 0 Å². The van der Waals surface area contributed by atoms with Crippen molar-refractivity contribution in [3.05, 3.63) is 0 Å². The van der Waals surface area contributed by atoms with Gasteiger partial charge in [0.15, 0.2) is 0 Å². The molecule has 0 aromatic heterocycles. The average Bonchev–Trinajstić information content (AvgIpc) is 2.75. The molecule has 8 nitrogen and oxygen atoms in total. The Labute approximate surface area is 227 Å². The average molecular weight is 550 g/mol. The second-order valence-corrected chi connectivity index (χ2v) is 13.9. The van der Waals surface area contributed by atoms with Crippen LogP contribution in [0.1, 0.15) is 112 Å². The smallest absolute Gasteiger partial charge is 0.311 e. The lowest BCUT2D eigenvalue weighted by Gasteiger charge is -2.33. The van der Waals surface area contributed by atoms with Crippen LogP contribution in [0.4, 0.5) is 0 Å². The fourth-order valence-electron chi connectivity index (χ4n) is 4.56. The maximum absolute atomic E-state index is 12.8. The van der Waals surface area contributed by atoms with E-state index in [1.165, 1.54) is 51.4 Å². The summed E-state index contributed by atoms with van der Waals surface area (Å²) in [5.74, 6) is -1.08. The van der Waals surface area contributed by atoms with Crippen LogP contribution < -0.4 is 0 Å². The number of carbonyl (C=O) groups excluding carboxylic acids is 2. The first-order valence-corrected chi connectivity index (χ1v) is 15.7. The summed E-state index contributed by atoms with van der Waals surface area (Å²) in [5, 5.41) is 0. The van der Waals surface area contributed by atoms with Crippen molar-refractivity contribution in [3.63, 3.8) is 0 Å². The number of rotatable bonds is 22. The molecule has 0 aromatic rings. The van der Waals surface area contributed by atoms with Gasteiger partial charge in [0, 0.05) is 12.2 Å². The molecule has 0 fully saturated rings. The third kappa shape index (κ3) is 18.7. The Kier molecular flexibility index (Phi) is 16.8. The summed E-state index contributed by atoms with van der Waals surface area (Å²) in [7, 11) is -0.438. The summed E-state index contributed by atoms with van der Waals surface area (Å²) in [5.41, 5.74) is -1.69. The van der Waals surface area contributed by atoms with Gasteiger partial charge in [0.1, 0.15) is 13.2 Å². The third-order valence-corrected chi connectivity index (χ3v) is 7.60. The molecule has 0 bridgehead atoms. The molecular formula is C28H55NO7S. The van der Waals surface area contributed by atoms with Gasteiger partial charge in [-0.05, 0) is 40.5 Å². The van der Waals surface area contributed by atoms with Crippen molar-refractivity contribution in [1.82, 2.24) is 0 Å². The minimum atomic E-state index is -4.22. The van der Waals surface area contributed by atoms with Crippen LogP contribution in [0.25, 0.3) is 0 Å². The van der Waals surface area contributed by atoms with Crippen molar-refractivity contribution in [2.45, 2.75) is 112 Å². The maximum Gasteiger partial charge on any atom is 0.311 e. The van der Waals surface area contributed by atoms with Crippen LogP contribution in [0.15, 0.2) is 0 Å². The highest BCUT2D eigenvalue weighted by atomic mass is 32.2. The summed E-state index contributed by atoms with van der Waals surface area (Å²) in [6.45, 7) is 10.9. The fraction of sp³-hybridized carbons (Fsp3) is 0.929. The molecule has 0 aliphatic heterocycles. The Morgan fingerprint density at radius 2 is 1.14 bits per heavy atom. The zero-order chi connectivity index (χ0) is 28.6. The van der Waals surface area contributed by atoms with Crippen molar-refractivity contribution in [2.75, 3.05) is 46.2 Å². The van der Waals surface area contributed by atoms with Gasteiger partial charge in [-0.2, -0.15) is 0 Å². The van der Waals surface area contributed by atoms with E-state index in [0.29, 0.717) is 30.6 Å². The van der Waals surface area contributed by atoms with Crippen molar-refractivity contribution in [1.29, 1.82) is 0 Å². The summed E-state index contributed by atoms with van der Waals surface area (Å²) >= 11 is 0. The minimum absolute atomic E-state index is 0.170. The highest BCUT2D eigenvalue weighted by Crippen LogP contribution is 2.35. The van der Waals surface area contributed by atoms with Gasteiger partial charge in [0.05, 0.1) is 48.2 Å². The van der Waals surface area contributed by atoms with E-state index in [0.717, 1.165) is 12.8 Å². The molecule has 0 aliphatic rings. The molecular weight excluding hydrogens is 494 g/mol. The van der Waals surface area contributed by atoms with Gasteiger partial charge >= 0.3 is 11.9 Å². The number of nitrogens with zero attached hydrogens (tertiary/aromatic N) is 1. The molecule has 0 rings (SSSR count). The van der Waals surface area contributed by atoms with E-state index in [4.69, 9.17) is 9.47 Å². The monoisotopic (exact) mass is 549 g/mol. The van der Waals surface area contributed by atoms with Gasteiger partial charge in [-0.15, -0.1) is 0 Å². The van der Waals surface area contributed by atoms with Gasteiger partial charge < -0.3 is 18.5 Å². The first kappa shape index (κ1) is 35.8. The second-order valence-electron chi connectivity index (χ2n) is 12.4. The van der Waals surface area contributed by atoms with E-state index in [-0.39, 0.29) is 25.0 Å². The van der Waals surface area contributed by atoms with Crippen molar-refractivity contribution in [2.24, 2.45) is 10.8 Å². The molecule has 0 unspecified atom stereocenters. The van der Waals surface area contributed by atoms with Gasteiger partial charge in [0.25, 0.3) is 0 Å². The van der Waals surface area contributed by atoms with E-state index < -0.39 is 26.7 Å². The molecule has 0 heterocycles. The molecule has 0 saturated heterocycles. The number of esters is 2. The second kappa shape index (κ2) is 17.4. The molecule has 37 heavy (non-hydrogen) atoms. The first-order valence-electron chi connectivity index (χ1n) is 14.1. The molecule has 0 atom stereocenters. The number of hydrogen-bond donors (Lipinski definition) is 0. The Morgan fingerprint density at radius 1 is 0.703 bits per heavy atom. The van der Waals surface area contributed by atoms with Crippen LogP contribution >= 0.6 is 0 Å². The van der Waals surface area contributed by atoms with Crippen LogP contribution in [0.3, 0.4) is 0 Å². The normalized spacial score (nSPS) is 13.0. The van der Waals surface area contributed by atoms with Gasteiger partial charge in [-0.1, -0.05) is 64.7 Å². The quantitative estimate of drug-likeness (QED) is 0.0764. The SMILES string of the molecule is CCCCCCCCCCCCOC(=O)C(C)(C)CC(C)(C)C(=O)OCC[N+](C)(C)CCCS(=O)(=O)[O-]. The van der Waals surface area contributed by atoms with E-state index in [9.17, 15) is 22.6 Å². The number of ether oxygens (including phenoxy) is 2. The van der Waals surface area contributed by atoms with Crippen LogP contribution in [0.5, 0.6) is 0 Å². The molecule has 0 saturated carbocycles. The Balaban J connectivity index is 4.28. The van der Waals surface area contributed by atoms with Gasteiger partial charge in [-0.3, -0.25) is 9.59 Å². The molecule has 0 aromatic carbocycles. The Bertz CT molecular complexity index is 760. The summed E-state index contributed by atoms with van der Waals surface area (Å²) in [6, 6.07) is 0. The number of likely N-dealkylation sites (N-methyl/N-ethyl adjacent to an activating group) is 1. The summed E-state index contributed by atoms with van der Waals surface area (Å²) < 4.78 is 43.8. The summed E-state index contributed by atoms with van der Waals surface area (Å²) in [4.78, 5) is 25.5. The van der Waals surface area contributed by atoms with E-state index in [1.54, 1.807) is 27.7 Å². The molecule has 0 spiro atoms. The largest absolute Gasteiger partial charge is 0.748 e. The number of hydrogen-bond acceptors (Lipinski definition) is 7. The predicted octanol–water partition coefficient (Wildman–Crippen LogP) is 5.45. The number of unbranched alkanes of at least 4 members (excludes halogenated alkanes) is 9. The predicted molar refractivity (Wildman–Crippen MR) is 147 cm³/mol. The van der Waals surface area contributed by atoms with Crippen LogP contribution in [-0.4, -0.2) is 75.5 Å². The number of quaternary nitrogens is 1. The lowest BCUT2D eigenvalue weighted by atomic mass is 9.75. The van der Waals surface area contributed by atoms with E-state index in [2.05, 4.69) is 6.92 Å². The Hall–Kier alpha value is -1.19. The zero-order valence-corrected chi connectivity index (χ0v) is 25.6. The van der Waals surface area contributed by atoms with Crippen molar-refractivity contribution >= 4 is 22.1 Å². The zero-order valence-electron chi connectivity index (χ0n) is 24.7. The lowest BCUT2D eigenvalue weighted by molar-refractivity contribution is -0.890. The van der Waals surface area contributed by atoms with E-state index in [1.807, 2.05) is 14.1 Å². The molecule has 0 radical (unpaired) electrons. The van der Waals surface area contributed by atoms with Crippen molar-refractivity contribution in [3.8, 4) is 0 Å². The van der Waals surface area contributed by atoms with Crippen molar-refractivity contribution < 1.29 is 36.5 Å². The van der Waals surface area contributed by atoms with Gasteiger partial charge in [0.2, 0.25) is 0 Å². The Morgan fingerprint density at radius 3 is 1.59 bits per heavy atom. The maximum atomic E-state index is 12.8. The number of carbonyl (C=O) groups is 2. The van der Waals surface area contributed by atoms with Crippen LogP contribution in [0, 0.1) is 10.8 Å². The highest BCUT2D eigenvalue weighted by molar-refractivity contribution is 7.85. The lowest BCUT2D eigenvalue weighted by Crippen LogP contribution is -2.44. The molecule has 9 heteroatoms. The highest BCUT2D eigenvalue weighted by Gasteiger charge is 2.41. The molecule has 0 N–H and O–H groups in total. The minimum Gasteiger partial charge on any atom is -0.748 e. The topological polar surface area (TPSA) is 110 Å². The standard InChI is InChI=1S/C28H55NO7S/c1-8-9-10-11-12-13-14-15-16-17-21-35-25(30)27(2,3)24-28(4,5)26(31)36-22-20-29(6,7)19-18-23-37(32,33)34/h8-24H2,1-7H3. The van der Waals surface area contributed by atoms with Gasteiger partial charge in [-0.25, -0.2) is 8.42 Å². The first-order chi connectivity index (χ1) is 17.0. The summed E-state index contributed by atoms with van der Waals surface area (Å²) in [6.07, 6.45) is 12.8. The molecule has 0 aliphatic carbocycles.